The quantitative estimate of drug-likeness (QED) is 0.929. The normalized spacial score (nSPS) is 10.4. The van der Waals surface area contributed by atoms with Gasteiger partial charge in [0.2, 0.25) is 12.2 Å². The van der Waals surface area contributed by atoms with Gasteiger partial charge in [-0.2, -0.15) is 4.98 Å². The zero-order valence-electron chi connectivity index (χ0n) is 8.26. The first kappa shape index (κ1) is 11.1. The topological polar surface area (TPSA) is 68.4 Å². The lowest BCUT2D eigenvalue weighted by Gasteiger charge is -2.08. The van der Waals surface area contributed by atoms with Gasteiger partial charge in [0.25, 0.3) is 0 Å². The molecule has 0 unspecified atom stereocenters. The molecule has 5 nitrogen and oxygen atoms in total. The van der Waals surface area contributed by atoms with E-state index < -0.39 is 0 Å². The number of hydrogen-bond donors (Lipinski definition) is 1. The minimum absolute atomic E-state index is 0.0823. The summed E-state index contributed by atoms with van der Waals surface area (Å²) in [6, 6.07) is 5.41. The Morgan fingerprint density at radius 1 is 1.44 bits per heavy atom. The van der Waals surface area contributed by atoms with Crippen molar-refractivity contribution in [2.75, 3.05) is 0 Å². The maximum absolute atomic E-state index is 9.15. The Bertz CT molecular complexity index is 459. The van der Waals surface area contributed by atoms with Crippen molar-refractivity contribution < 1.29 is 14.4 Å². The second kappa shape index (κ2) is 5.09. The highest BCUT2D eigenvalue weighted by Crippen LogP contribution is 2.23. The number of aliphatic hydroxyl groups is 1. The highest BCUT2D eigenvalue weighted by molar-refractivity contribution is 9.10. The lowest BCUT2D eigenvalue weighted by Crippen LogP contribution is -2.00. The maximum Gasteiger partial charge on any atom is 0.213 e. The predicted molar refractivity (Wildman–Crippen MR) is 58.7 cm³/mol. The molecule has 0 spiro atoms. The Hall–Kier alpha value is -1.40. The maximum atomic E-state index is 9.15. The third kappa shape index (κ3) is 2.59. The van der Waals surface area contributed by atoms with Crippen molar-refractivity contribution in [2.45, 2.75) is 13.2 Å². The first-order valence-electron chi connectivity index (χ1n) is 4.57. The standard InChI is InChI=1S/C10H9BrN2O3/c11-8-1-2-9(7(3-8)4-14)15-5-10-12-6-16-13-10/h1-3,6,14H,4-5H2. The van der Waals surface area contributed by atoms with Crippen LogP contribution < -0.4 is 4.74 Å². The van der Waals surface area contributed by atoms with Crippen LogP contribution in [0.2, 0.25) is 0 Å². The smallest absolute Gasteiger partial charge is 0.213 e. The summed E-state index contributed by atoms with van der Waals surface area (Å²) in [6.07, 6.45) is 1.24. The molecule has 84 valence electrons. The number of halogens is 1. The average molecular weight is 285 g/mol. The van der Waals surface area contributed by atoms with Gasteiger partial charge >= 0.3 is 0 Å². The molecule has 2 aromatic rings. The van der Waals surface area contributed by atoms with E-state index in [4.69, 9.17) is 9.84 Å². The van der Waals surface area contributed by atoms with Crippen molar-refractivity contribution >= 4 is 15.9 Å². The molecule has 0 aliphatic heterocycles. The second-order valence-corrected chi connectivity index (χ2v) is 3.96. The zero-order valence-corrected chi connectivity index (χ0v) is 9.85. The monoisotopic (exact) mass is 284 g/mol. The number of hydrogen-bond acceptors (Lipinski definition) is 5. The van der Waals surface area contributed by atoms with Crippen LogP contribution in [0, 0.1) is 0 Å². The minimum Gasteiger partial charge on any atom is -0.485 e. The summed E-state index contributed by atoms with van der Waals surface area (Å²) in [4.78, 5) is 3.83. The van der Waals surface area contributed by atoms with E-state index in [0.717, 1.165) is 4.47 Å². The fourth-order valence-electron chi connectivity index (χ4n) is 1.21. The van der Waals surface area contributed by atoms with E-state index in [2.05, 4.69) is 30.6 Å². The molecule has 0 saturated heterocycles. The molecule has 0 aliphatic carbocycles. The van der Waals surface area contributed by atoms with Gasteiger partial charge < -0.3 is 14.4 Å². The summed E-state index contributed by atoms with van der Waals surface area (Å²) in [6.45, 7) is 0.131. The molecule has 16 heavy (non-hydrogen) atoms. The Morgan fingerprint density at radius 2 is 2.31 bits per heavy atom. The summed E-state index contributed by atoms with van der Waals surface area (Å²) < 4.78 is 10.9. The first-order chi connectivity index (χ1) is 7.79. The van der Waals surface area contributed by atoms with Crippen LogP contribution in [-0.4, -0.2) is 15.2 Å². The van der Waals surface area contributed by atoms with E-state index in [1.807, 2.05) is 6.07 Å². The molecular formula is C10H9BrN2O3. The van der Waals surface area contributed by atoms with Crippen molar-refractivity contribution in [2.24, 2.45) is 0 Å². The lowest BCUT2D eigenvalue weighted by molar-refractivity contribution is 0.253. The molecule has 1 N–H and O–H groups in total. The molecule has 0 atom stereocenters. The van der Waals surface area contributed by atoms with Gasteiger partial charge in [0.15, 0.2) is 6.61 Å². The predicted octanol–water partition coefficient (Wildman–Crippen LogP) is 1.90. The van der Waals surface area contributed by atoms with Crippen LogP contribution in [0.1, 0.15) is 11.4 Å². The molecule has 0 amide bonds. The molecule has 6 heteroatoms. The summed E-state index contributed by atoms with van der Waals surface area (Å²) >= 11 is 3.32. The molecule has 0 fully saturated rings. The van der Waals surface area contributed by atoms with E-state index in [1.165, 1.54) is 6.39 Å². The second-order valence-electron chi connectivity index (χ2n) is 3.05. The van der Waals surface area contributed by atoms with Gasteiger partial charge in [-0.1, -0.05) is 21.1 Å². The van der Waals surface area contributed by atoms with Crippen molar-refractivity contribution in [3.8, 4) is 5.75 Å². The summed E-state index contributed by atoms with van der Waals surface area (Å²) in [5.74, 6) is 1.07. The molecule has 2 rings (SSSR count). The van der Waals surface area contributed by atoms with Gasteiger partial charge in [-0.05, 0) is 18.2 Å². The fraction of sp³-hybridized carbons (Fsp3) is 0.200. The summed E-state index contributed by atoms with van der Waals surface area (Å²) in [5, 5.41) is 12.8. The van der Waals surface area contributed by atoms with Gasteiger partial charge in [0.1, 0.15) is 5.75 Å². The van der Waals surface area contributed by atoms with Gasteiger partial charge in [-0.15, -0.1) is 0 Å². The lowest BCUT2D eigenvalue weighted by atomic mass is 10.2. The van der Waals surface area contributed by atoms with Crippen molar-refractivity contribution in [3.63, 3.8) is 0 Å². The number of rotatable bonds is 4. The number of benzene rings is 1. The first-order valence-corrected chi connectivity index (χ1v) is 5.36. The van der Waals surface area contributed by atoms with Crippen LogP contribution in [0.25, 0.3) is 0 Å². The van der Waals surface area contributed by atoms with E-state index in [-0.39, 0.29) is 13.2 Å². The van der Waals surface area contributed by atoms with E-state index in [1.54, 1.807) is 12.1 Å². The van der Waals surface area contributed by atoms with Gasteiger partial charge in [-0.3, -0.25) is 0 Å². The van der Waals surface area contributed by atoms with Crippen LogP contribution in [0.3, 0.4) is 0 Å². The highest BCUT2D eigenvalue weighted by Gasteiger charge is 2.05. The van der Waals surface area contributed by atoms with Crippen molar-refractivity contribution in [1.29, 1.82) is 0 Å². The Kier molecular flexibility index (Phi) is 3.53. The van der Waals surface area contributed by atoms with E-state index in [9.17, 15) is 0 Å². The van der Waals surface area contributed by atoms with Gasteiger partial charge in [0.05, 0.1) is 6.61 Å². The number of aromatic nitrogens is 2. The molecule has 0 aliphatic rings. The van der Waals surface area contributed by atoms with Crippen molar-refractivity contribution in [3.05, 3.63) is 40.5 Å². The van der Waals surface area contributed by atoms with Crippen LogP contribution >= 0.6 is 15.9 Å². The third-order valence-corrected chi connectivity index (χ3v) is 2.45. The minimum atomic E-state index is -0.0823. The zero-order chi connectivity index (χ0) is 11.4. The molecular weight excluding hydrogens is 276 g/mol. The number of aliphatic hydroxyl groups excluding tert-OH is 1. The molecule has 1 aromatic heterocycles. The highest BCUT2D eigenvalue weighted by atomic mass is 79.9. The van der Waals surface area contributed by atoms with Crippen molar-refractivity contribution in [1.82, 2.24) is 10.1 Å². The number of nitrogens with zero attached hydrogens (tertiary/aromatic N) is 2. The van der Waals surface area contributed by atoms with E-state index in [0.29, 0.717) is 17.1 Å². The summed E-state index contributed by atoms with van der Waals surface area (Å²) in [5.41, 5.74) is 0.706. The molecule has 1 heterocycles. The fourth-order valence-corrected chi connectivity index (χ4v) is 1.62. The van der Waals surface area contributed by atoms with Crippen LogP contribution in [0.15, 0.2) is 33.6 Å². The van der Waals surface area contributed by atoms with Gasteiger partial charge in [0, 0.05) is 10.0 Å². The molecule has 1 aromatic carbocycles. The average Bonchev–Trinajstić information content (AvgIpc) is 2.80. The largest absolute Gasteiger partial charge is 0.485 e. The van der Waals surface area contributed by atoms with Gasteiger partial charge in [-0.25, -0.2) is 0 Å². The Morgan fingerprint density at radius 3 is 3.00 bits per heavy atom. The third-order valence-electron chi connectivity index (χ3n) is 1.96. The Balaban J connectivity index is 2.09. The molecule has 0 bridgehead atoms. The van der Waals surface area contributed by atoms with E-state index >= 15 is 0 Å². The number of ether oxygens (including phenoxy) is 1. The Labute approximate surface area is 100 Å². The van der Waals surface area contributed by atoms with Crippen LogP contribution in [-0.2, 0) is 13.2 Å². The van der Waals surface area contributed by atoms with Crippen LogP contribution in [0.5, 0.6) is 5.75 Å². The molecule has 0 saturated carbocycles. The molecule has 0 radical (unpaired) electrons. The summed E-state index contributed by atoms with van der Waals surface area (Å²) in [7, 11) is 0. The van der Waals surface area contributed by atoms with Crippen LogP contribution in [0.4, 0.5) is 0 Å². The SMILES string of the molecule is OCc1cc(Br)ccc1OCc1ncon1.